The molecule has 1 unspecified atom stereocenters. The molecule has 0 aliphatic heterocycles. The highest BCUT2D eigenvalue weighted by Crippen LogP contribution is 2.34. The highest BCUT2D eigenvalue weighted by atomic mass is 16.5. The van der Waals surface area contributed by atoms with Crippen LogP contribution in [0, 0.1) is 0 Å². The number of alkyl carbamates (subject to hydrolysis) is 1. The quantitative estimate of drug-likeness (QED) is 0.243. The van der Waals surface area contributed by atoms with Crippen molar-refractivity contribution in [2.24, 2.45) is 5.73 Å². The van der Waals surface area contributed by atoms with Crippen LogP contribution in [0.25, 0.3) is 0 Å². The second kappa shape index (κ2) is 15.0. The number of carbonyl (C=O) groups excluding carboxylic acids is 2. The zero-order valence-corrected chi connectivity index (χ0v) is 22.8. The molecule has 9 nitrogen and oxygen atoms in total. The van der Waals surface area contributed by atoms with Crippen LogP contribution in [-0.4, -0.2) is 47.6 Å². The summed E-state index contributed by atoms with van der Waals surface area (Å²) in [5.41, 5.74) is 8.53. The minimum atomic E-state index is -1.12. The molecule has 0 saturated carbocycles. The largest absolute Gasteiger partial charge is 0.449 e. The summed E-state index contributed by atoms with van der Waals surface area (Å²) in [7, 11) is 0. The lowest BCUT2D eigenvalue weighted by atomic mass is 9.95. The SMILES string of the molecule is CC(C)(N)C(=O)N(c1ccccc1)C(CCCc1ccccc1)c1nocc1CCOC(=O)NCCCCO. The van der Waals surface area contributed by atoms with Gasteiger partial charge in [-0.05, 0) is 63.6 Å². The fourth-order valence-corrected chi connectivity index (χ4v) is 4.33. The Morgan fingerprint density at radius 3 is 2.41 bits per heavy atom. The van der Waals surface area contributed by atoms with Gasteiger partial charge in [0.15, 0.2) is 0 Å². The summed E-state index contributed by atoms with van der Waals surface area (Å²) < 4.78 is 10.7. The number of aliphatic hydroxyl groups excluding tert-OH is 1. The van der Waals surface area contributed by atoms with Gasteiger partial charge in [-0.2, -0.15) is 0 Å². The molecule has 3 aromatic rings. The highest BCUT2D eigenvalue weighted by molar-refractivity contribution is 6.00. The van der Waals surface area contributed by atoms with E-state index in [0.717, 1.165) is 24.1 Å². The van der Waals surface area contributed by atoms with Gasteiger partial charge in [0.05, 0.1) is 18.2 Å². The lowest BCUT2D eigenvalue weighted by Gasteiger charge is -2.35. The molecule has 3 rings (SSSR count). The number of nitrogens with zero attached hydrogens (tertiary/aromatic N) is 2. The first-order valence-electron chi connectivity index (χ1n) is 13.5. The van der Waals surface area contributed by atoms with E-state index in [2.05, 4.69) is 22.6 Å². The summed E-state index contributed by atoms with van der Waals surface area (Å²) in [5.74, 6) is -0.231. The number of ether oxygens (including phenoxy) is 1. The highest BCUT2D eigenvalue weighted by Gasteiger charge is 2.36. The maximum Gasteiger partial charge on any atom is 0.407 e. The molecule has 1 atom stereocenters. The fraction of sp³-hybridized carbons (Fsp3) is 0.433. The second-order valence-corrected chi connectivity index (χ2v) is 10.1. The average Bonchev–Trinajstić information content (AvgIpc) is 3.39. The number of hydrogen-bond acceptors (Lipinski definition) is 7. The third-order valence-corrected chi connectivity index (χ3v) is 6.35. The van der Waals surface area contributed by atoms with E-state index in [1.165, 1.54) is 5.56 Å². The Balaban J connectivity index is 1.82. The van der Waals surface area contributed by atoms with Crippen LogP contribution in [-0.2, 0) is 22.4 Å². The lowest BCUT2D eigenvalue weighted by molar-refractivity contribution is -0.123. The first-order chi connectivity index (χ1) is 18.8. The third-order valence-electron chi connectivity index (χ3n) is 6.35. The van der Waals surface area contributed by atoms with Crippen LogP contribution in [0.3, 0.4) is 0 Å². The number of rotatable bonds is 15. The molecule has 0 fully saturated rings. The molecule has 0 radical (unpaired) electrons. The van der Waals surface area contributed by atoms with Gasteiger partial charge in [-0.25, -0.2) is 4.79 Å². The van der Waals surface area contributed by atoms with Crippen molar-refractivity contribution in [1.29, 1.82) is 0 Å². The smallest absolute Gasteiger partial charge is 0.407 e. The molecular weight excluding hydrogens is 496 g/mol. The van der Waals surface area contributed by atoms with E-state index < -0.39 is 17.7 Å². The van der Waals surface area contributed by atoms with Crippen molar-refractivity contribution in [3.8, 4) is 0 Å². The topological polar surface area (TPSA) is 131 Å². The minimum Gasteiger partial charge on any atom is -0.449 e. The number of unbranched alkanes of at least 4 members (excludes halogenated alkanes) is 1. The number of nitrogens with two attached hydrogens (primary N) is 1. The van der Waals surface area contributed by atoms with Gasteiger partial charge in [-0.1, -0.05) is 53.7 Å². The van der Waals surface area contributed by atoms with Gasteiger partial charge >= 0.3 is 6.09 Å². The molecule has 2 amide bonds. The van der Waals surface area contributed by atoms with Gasteiger partial charge in [0.2, 0.25) is 5.91 Å². The van der Waals surface area contributed by atoms with Gasteiger partial charge in [0.1, 0.15) is 12.0 Å². The number of amides is 2. The first kappa shape index (κ1) is 29.9. The molecule has 210 valence electrons. The molecule has 0 saturated heterocycles. The lowest BCUT2D eigenvalue weighted by Crippen LogP contribution is -2.52. The Morgan fingerprint density at radius 1 is 1.05 bits per heavy atom. The van der Waals surface area contributed by atoms with Crippen molar-refractivity contribution in [2.45, 2.75) is 64.0 Å². The molecule has 0 aliphatic carbocycles. The van der Waals surface area contributed by atoms with E-state index in [-0.39, 0.29) is 19.1 Å². The molecule has 2 aromatic carbocycles. The van der Waals surface area contributed by atoms with Crippen LogP contribution in [0.2, 0.25) is 0 Å². The van der Waals surface area contributed by atoms with E-state index in [1.54, 1.807) is 25.0 Å². The van der Waals surface area contributed by atoms with Gasteiger partial charge in [-0.3, -0.25) is 4.79 Å². The predicted octanol–water partition coefficient (Wildman–Crippen LogP) is 4.55. The third kappa shape index (κ3) is 9.23. The summed E-state index contributed by atoms with van der Waals surface area (Å²) in [4.78, 5) is 27.5. The van der Waals surface area contributed by atoms with Crippen LogP contribution in [0.4, 0.5) is 10.5 Å². The Bertz CT molecular complexity index is 1140. The number of benzene rings is 2. The summed E-state index contributed by atoms with van der Waals surface area (Å²) >= 11 is 0. The van der Waals surface area contributed by atoms with Crippen LogP contribution in [0.5, 0.6) is 0 Å². The minimum absolute atomic E-state index is 0.0867. The van der Waals surface area contributed by atoms with E-state index in [9.17, 15) is 9.59 Å². The molecule has 1 heterocycles. The number of hydrogen-bond donors (Lipinski definition) is 3. The second-order valence-electron chi connectivity index (χ2n) is 10.1. The Morgan fingerprint density at radius 2 is 1.74 bits per heavy atom. The van der Waals surface area contributed by atoms with Crippen molar-refractivity contribution in [2.75, 3.05) is 24.7 Å². The first-order valence-corrected chi connectivity index (χ1v) is 13.5. The Labute approximate surface area is 230 Å². The predicted molar refractivity (Wildman–Crippen MR) is 150 cm³/mol. The fourth-order valence-electron chi connectivity index (χ4n) is 4.33. The van der Waals surface area contributed by atoms with Crippen LogP contribution >= 0.6 is 0 Å². The normalized spacial score (nSPS) is 12.1. The summed E-state index contributed by atoms with van der Waals surface area (Å²) in [6, 6.07) is 19.2. The summed E-state index contributed by atoms with van der Waals surface area (Å²) in [6.45, 7) is 4.04. The molecule has 0 spiro atoms. The van der Waals surface area contributed by atoms with Gasteiger partial charge in [0, 0.05) is 30.8 Å². The zero-order valence-electron chi connectivity index (χ0n) is 22.8. The van der Waals surface area contributed by atoms with Crippen molar-refractivity contribution >= 4 is 17.7 Å². The number of para-hydroxylation sites is 1. The number of nitrogens with one attached hydrogen (secondary N) is 1. The number of aromatic nitrogens is 1. The molecule has 39 heavy (non-hydrogen) atoms. The van der Waals surface area contributed by atoms with Crippen molar-refractivity contribution in [3.05, 3.63) is 83.7 Å². The van der Waals surface area contributed by atoms with E-state index >= 15 is 0 Å². The molecule has 0 bridgehead atoms. The van der Waals surface area contributed by atoms with Crippen LogP contribution in [0.1, 0.15) is 62.4 Å². The summed E-state index contributed by atoms with van der Waals surface area (Å²) in [5, 5.41) is 15.9. The van der Waals surface area contributed by atoms with Crippen molar-refractivity contribution < 1.29 is 24.0 Å². The van der Waals surface area contributed by atoms with Crippen LogP contribution < -0.4 is 16.0 Å². The van der Waals surface area contributed by atoms with E-state index in [1.807, 2.05) is 48.5 Å². The Hall–Kier alpha value is -3.69. The number of anilines is 1. The maximum atomic E-state index is 13.7. The van der Waals surface area contributed by atoms with E-state index in [0.29, 0.717) is 37.9 Å². The Kier molecular flexibility index (Phi) is 11.5. The van der Waals surface area contributed by atoms with E-state index in [4.69, 9.17) is 20.1 Å². The monoisotopic (exact) mass is 536 g/mol. The van der Waals surface area contributed by atoms with Gasteiger partial charge in [-0.15, -0.1) is 0 Å². The number of aliphatic hydroxyl groups is 1. The molecular formula is C30H40N4O5. The van der Waals surface area contributed by atoms with Crippen molar-refractivity contribution in [1.82, 2.24) is 10.5 Å². The maximum absolute atomic E-state index is 13.7. The average molecular weight is 537 g/mol. The molecule has 1 aromatic heterocycles. The number of carbonyl (C=O) groups is 2. The molecule has 0 aliphatic rings. The van der Waals surface area contributed by atoms with Gasteiger partial charge in [0.25, 0.3) is 0 Å². The molecule has 9 heteroatoms. The standard InChI is InChI=1S/C30H40N4O5/c1-30(2,31)28(36)34(25-15-7-4-8-16-25)26(17-11-14-23-12-5-3-6-13-23)27-24(22-39-33-27)18-21-38-29(37)32-19-9-10-20-35/h3-8,12-13,15-16,22,26,35H,9-11,14,17-21,31H2,1-2H3,(H,32,37). The summed E-state index contributed by atoms with van der Waals surface area (Å²) in [6.07, 6.45) is 4.96. The van der Waals surface area contributed by atoms with Crippen LogP contribution in [0.15, 0.2) is 71.4 Å². The molecule has 4 N–H and O–H groups in total. The zero-order chi connectivity index (χ0) is 28.1. The van der Waals surface area contributed by atoms with Crippen molar-refractivity contribution in [3.63, 3.8) is 0 Å². The van der Waals surface area contributed by atoms with Gasteiger partial charge < -0.3 is 30.3 Å². The number of aryl methyl sites for hydroxylation is 1.